The van der Waals surface area contributed by atoms with Gasteiger partial charge in [-0.25, -0.2) is 4.39 Å². The van der Waals surface area contributed by atoms with E-state index < -0.39 is 0 Å². The van der Waals surface area contributed by atoms with Gasteiger partial charge in [0, 0.05) is 17.1 Å². The highest BCUT2D eigenvalue weighted by atomic mass is 79.9. The lowest BCUT2D eigenvalue weighted by molar-refractivity contribution is 0.282. The van der Waals surface area contributed by atoms with Crippen LogP contribution in [-0.2, 0) is 19.6 Å². The second-order valence-corrected chi connectivity index (χ2v) is 7.80. The SMILES string of the molecule is COc1cc(CNCCc2ccc(F)cc2)cc(Br)c1OCc1ccccc1Cl. The zero-order chi connectivity index (χ0) is 20.6. The molecule has 152 valence electrons. The van der Waals surface area contributed by atoms with Crippen LogP contribution in [0.5, 0.6) is 11.5 Å². The summed E-state index contributed by atoms with van der Waals surface area (Å²) in [5.41, 5.74) is 3.08. The molecule has 0 spiro atoms. The van der Waals surface area contributed by atoms with Crippen LogP contribution in [0.15, 0.2) is 65.1 Å². The Labute approximate surface area is 183 Å². The summed E-state index contributed by atoms with van der Waals surface area (Å²) in [7, 11) is 1.62. The van der Waals surface area contributed by atoms with Gasteiger partial charge in [-0.3, -0.25) is 0 Å². The minimum atomic E-state index is -0.213. The fraction of sp³-hybridized carbons (Fsp3) is 0.217. The summed E-state index contributed by atoms with van der Waals surface area (Å²) >= 11 is 9.78. The summed E-state index contributed by atoms with van der Waals surface area (Å²) in [5, 5.41) is 4.07. The van der Waals surface area contributed by atoms with Gasteiger partial charge in [-0.1, -0.05) is 41.9 Å². The predicted molar refractivity (Wildman–Crippen MR) is 118 cm³/mol. The Morgan fingerprint density at radius 1 is 1.03 bits per heavy atom. The molecule has 3 aromatic rings. The van der Waals surface area contributed by atoms with E-state index in [1.807, 2.05) is 48.5 Å². The zero-order valence-corrected chi connectivity index (χ0v) is 18.4. The molecule has 0 aromatic heterocycles. The Kier molecular flexibility index (Phi) is 7.92. The van der Waals surface area contributed by atoms with Crippen LogP contribution in [0.3, 0.4) is 0 Å². The standard InChI is InChI=1S/C23H22BrClFNO2/c1-28-22-13-17(14-27-11-10-16-6-8-19(26)9-7-16)12-20(24)23(22)29-15-18-4-2-3-5-21(18)25/h2-9,12-13,27H,10-11,14-15H2,1H3. The van der Waals surface area contributed by atoms with E-state index >= 15 is 0 Å². The van der Waals surface area contributed by atoms with E-state index in [0.717, 1.165) is 34.1 Å². The van der Waals surface area contributed by atoms with E-state index in [1.165, 1.54) is 12.1 Å². The third-order valence-corrected chi connectivity index (χ3v) is 5.41. The molecule has 0 bridgehead atoms. The molecule has 0 fully saturated rings. The van der Waals surface area contributed by atoms with Crippen molar-refractivity contribution in [1.82, 2.24) is 5.32 Å². The molecule has 0 unspecified atom stereocenters. The molecule has 3 aromatic carbocycles. The molecule has 3 rings (SSSR count). The topological polar surface area (TPSA) is 30.5 Å². The minimum Gasteiger partial charge on any atom is -0.493 e. The number of methoxy groups -OCH3 is 1. The van der Waals surface area contributed by atoms with Crippen molar-refractivity contribution in [1.29, 1.82) is 0 Å². The molecule has 3 nitrogen and oxygen atoms in total. The van der Waals surface area contributed by atoms with Crippen LogP contribution in [0, 0.1) is 5.82 Å². The van der Waals surface area contributed by atoms with Crippen molar-refractivity contribution in [2.24, 2.45) is 0 Å². The third kappa shape index (κ3) is 6.20. The van der Waals surface area contributed by atoms with Crippen LogP contribution >= 0.6 is 27.5 Å². The van der Waals surface area contributed by atoms with Gasteiger partial charge < -0.3 is 14.8 Å². The number of nitrogens with one attached hydrogen (secondary N) is 1. The summed E-state index contributed by atoms with van der Waals surface area (Å²) in [4.78, 5) is 0. The number of benzene rings is 3. The molecule has 0 saturated heterocycles. The minimum absolute atomic E-state index is 0.213. The van der Waals surface area contributed by atoms with Gasteiger partial charge in [-0.15, -0.1) is 0 Å². The summed E-state index contributed by atoms with van der Waals surface area (Å²) in [5.74, 6) is 1.08. The van der Waals surface area contributed by atoms with Crippen LogP contribution in [0.25, 0.3) is 0 Å². The first-order chi connectivity index (χ1) is 14.1. The normalized spacial score (nSPS) is 10.8. The molecule has 0 heterocycles. The molecular formula is C23H22BrClFNO2. The van der Waals surface area contributed by atoms with E-state index in [4.69, 9.17) is 21.1 Å². The smallest absolute Gasteiger partial charge is 0.175 e. The molecule has 0 aliphatic carbocycles. The summed E-state index contributed by atoms with van der Waals surface area (Å²) in [6.07, 6.45) is 0.831. The molecule has 0 saturated carbocycles. The number of hydrogen-bond acceptors (Lipinski definition) is 3. The Hall–Kier alpha value is -2.08. The Morgan fingerprint density at radius 3 is 2.52 bits per heavy atom. The zero-order valence-electron chi connectivity index (χ0n) is 16.1. The highest BCUT2D eigenvalue weighted by Crippen LogP contribution is 2.37. The Morgan fingerprint density at radius 2 is 1.79 bits per heavy atom. The van der Waals surface area contributed by atoms with Gasteiger partial charge in [0.1, 0.15) is 12.4 Å². The van der Waals surface area contributed by atoms with Gasteiger partial charge in [0.05, 0.1) is 11.6 Å². The quantitative estimate of drug-likeness (QED) is 0.374. The van der Waals surface area contributed by atoms with Crippen molar-refractivity contribution >= 4 is 27.5 Å². The maximum Gasteiger partial charge on any atom is 0.175 e. The van der Waals surface area contributed by atoms with Crippen molar-refractivity contribution in [3.63, 3.8) is 0 Å². The maximum atomic E-state index is 13.0. The lowest BCUT2D eigenvalue weighted by Crippen LogP contribution is -2.16. The highest BCUT2D eigenvalue weighted by Gasteiger charge is 2.13. The largest absolute Gasteiger partial charge is 0.493 e. The van der Waals surface area contributed by atoms with Crippen LogP contribution in [0.4, 0.5) is 4.39 Å². The highest BCUT2D eigenvalue weighted by molar-refractivity contribution is 9.10. The Balaban J connectivity index is 1.58. The van der Waals surface area contributed by atoms with Crippen LogP contribution in [0.2, 0.25) is 5.02 Å². The van der Waals surface area contributed by atoms with Gasteiger partial charge in [0.15, 0.2) is 11.5 Å². The third-order valence-electron chi connectivity index (χ3n) is 4.45. The predicted octanol–water partition coefficient (Wildman–Crippen LogP) is 6.16. The molecule has 0 aliphatic heterocycles. The number of hydrogen-bond donors (Lipinski definition) is 1. The first-order valence-corrected chi connectivity index (χ1v) is 10.4. The molecule has 6 heteroatoms. The molecule has 0 radical (unpaired) electrons. The van der Waals surface area contributed by atoms with Crippen LogP contribution in [0.1, 0.15) is 16.7 Å². The van der Waals surface area contributed by atoms with Crippen molar-refractivity contribution < 1.29 is 13.9 Å². The lowest BCUT2D eigenvalue weighted by Gasteiger charge is -2.15. The number of rotatable bonds is 9. The van der Waals surface area contributed by atoms with Crippen LogP contribution < -0.4 is 14.8 Å². The van der Waals surface area contributed by atoms with E-state index in [1.54, 1.807) is 7.11 Å². The Bertz CT molecular complexity index is 950. The first kappa shape index (κ1) is 21.6. The van der Waals surface area contributed by atoms with Gasteiger partial charge in [0.25, 0.3) is 0 Å². The van der Waals surface area contributed by atoms with E-state index in [9.17, 15) is 4.39 Å². The lowest BCUT2D eigenvalue weighted by atomic mass is 10.1. The van der Waals surface area contributed by atoms with E-state index in [-0.39, 0.29) is 5.82 Å². The monoisotopic (exact) mass is 477 g/mol. The van der Waals surface area contributed by atoms with Crippen molar-refractivity contribution in [3.8, 4) is 11.5 Å². The average Bonchev–Trinajstić information content (AvgIpc) is 2.72. The van der Waals surface area contributed by atoms with Gasteiger partial charge in [-0.2, -0.15) is 0 Å². The van der Waals surface area contributed by atoms with E-state index in [2.05, 4.69) is 21.2 Å². The maximum absolute atomic E-state index is 13.0. The summed E-state index contributed by atoms with van der Waals surface area (Å²) in [6.45, 7) is 1.82. The number of ether oxygens (including phenoxy) is 2. The molecule has 0 aliphatic rings. The molecular weight excluding hydrogens is 457 g/mol. The summed E-state index contributed by atoms with van der Waals surface area (Å²) in [6, 6.07) is 18.1. The van der Waals surface area contributed by atoms with Crippen molar-refractivity contribution in [2.75, 3.05) is 13.7 Å². The molecule has 0 atom stereocenters. The fourth-order valence-corrected chi connectivity index (χ4v) is 3.69. The molecule has 0 amide bonds. The van der Waals surface area contributed by atoms with Crippen molar-refractivity contribution in [2.45, 2.75) is 19.6 Å². The van der Waals surface area contributed by atoms with E-state index in [0.29, 0.717) is 29.7 Å². The fourth-order valence-electron chi connectivity index (χ4n) is 2.90. The van der Waals surface area contributed by atoms with Crippen LogP contribution in [-0.4, -0.2) is 13.7 Å². The average molecular weight is 479 g/mol. The second-order valence-electron chi connectivity index (χ2n) is 6.54. The first-order valence-electron chi connectivity index (χ1n) is 9.24. The van der Waals surface area contributed by atoms with Gasteiger partial charge in [0.2, 0.25) is 0 Å². The molecule has 29 heavy (non-hydrogen) atoms. The number of halogens is 3. The van der Waals surface area contributed by atoms with Gasteiger partial charge >= 0.3 is 0 Å². The second kappa shape index (κ2) is 10.6. The van der Waals surface area contributed by atoms with Gasteiger partial charge in [-0.05, 0) is 70.4 Å². The summed E-state index contributed by atoms with van der Waals surface area (Å²) < 4.78 is 25.3. The molecule has 1 N–H and O–H groups in total. The van der Waals surface area contributed by atoms with Crippen molar-refractivity contribution in [3.05, 3.63) is 92.7 Å².